The number of benzene rings is 3. The summed E-state index contributed by atoms with van der Waals surface area (Å²) in [6, 6.07) is 20.2. The van der Waals surface area contributed by atoms with Crippen molar-refractivity contribution in [3.05, 3.63) is 94.0 Å². The highest BCUT2D eigenvalue weighted by Gasteiger charge is 2.33. The molecular formula is C31H37Cl2N3O5S. The van der Waals surface area contributed by atoms with E-state index < -0.39 is 34.1 Å². The van der Waals surface area contributed by atoms with Gasteiger partial charge in [0.05, 0.1) is 22.0 Å². The van der Waals surface area contributed by atoms with Crippen LogP contribution in [0.25, 0.3) is 0 Å². The number of nitrogens with one attached hydrogen (secondary N) is 1. The Bertz CT molecular complexity index is 1480. The van der Waals surface area contributed by atoms with Gasteiger partial charge < -0.3 is 15.0 Å². The van der Waals surface area contributed by atoms with Gasteiger partial charge in [0.25, 0.3) is 0 Å². The Hall–Kier alpha value is -3.27. The molecule has 0 saturated heterocycles. The minimum absolute atomic E-state index is 0.0235. The molecular weight excluding hydrogens is 597 g/mol. The van der Waals surface area contributed by atoms with E-state index in [1.54, 1.807) is 49.4 Å². The minimum Gasteiger partial charge on any atom is -0.489 e. The first-order chi connectivity index (χ1) is 19.7. The van der Waals surface area contributed by atoms with Gasteiger partial charge in [0, 0.05) is 12.1 Å². The van der Waals surface area contributed by atoms with Gasteiger partial charge in [-0.1, -0.05) is 66.5 Å². The molecule has 3 aromatic carbocycles. The number of hydrogen-bond donors (Lipinski definition) is 1. The van der Waals surface area contributed by atoms with Crippen LogP contribution < -0.4 is 14.4 Å². The lowest BCUT2D eigenvalue weighted by molar-refractivity contribution is -0.141. The van der Waals surface area contributed by atoms with Gasteiger partial charge in [-0.25, -0.2) is 8.42 Å². The standard InChI is InChI=1S/C31H37Cl2N3O5S/c1-6-28(30(38)34-31(2,3)4)35(19-23-12-17-26(32)27(33)18-23)29(37)20-36(42(5,39)40)24-13-15-25(16-14-24)41-21-22-10-8-7-9-11-22/h7-18,28H,6,19-21H2,1-5H3,(H,34,38). The number of ether oxygens (including phenoxy) is 1. The van der Waals surface area contributed by atoms with Crippen LogP contribution in [-0.4, -0.2) is 49.5 Å². The molecule has 0 aromatic heterocycles. The Kier molecular flexibility index (Phi) is 11.3. The molecule has 0 radical (unpaired) electrons. The lowest BCUT2D eigenvalue weighted by Gasteiger charge is -2.34. The zero-order chi connectivity index (χ0) is 31.1. The Balaban J connectivity index is 1.88. The van der Waals surface area contributed by atoms with Crippen molar-refractivity contribution in [3.8, 4) is 5.75 Å². The minimum atomic E-state index is -3.88. The molecule has 3 aromatic rings. The van der Waals surface area contributed by atoms with E-state index in [9.17, 15) is 18.0 Å². The quantitative estimate of drug-likeness (QED) is 0.261. The number of hydrogen-bond acceptors (Lipinski definition) is 5. The smallest absolute Gasteiger partial charge is 0.244 e. The molecule has 11 heteroatoms. The largest absolute Gasteiger partial charge is 0.489 e. The van der Waals surface area contributed by atoms with E-state index in [4.69, 9.17) is 27.9 Å². The SMILES string of the molecule is CCC(C(=O)NC(C)(C)C)N(Cc1ccc(Cl)c(Cl)c1)C(=O)CN(c1ccc(OCc2ccccc2)cc1)S(C)(=O)=O. The molecule has 42 heavy (non-hydrogen) atoms. The summed E-state index contributed by atoms with van der Waals surface area (Å²) in [6.45, 7) is 7.21. The first kappa shape index (κ1) is 33.2. The van der Waals surface area contributed by atoms with Crippen molar-refractivity contribution in [2.24, 2.45) is 0 Å². The van der Waals surface area contributed by atoms with Gasteiger partial charge in [0.1, 0.15) is 24.9 Å². The summed E-state index contributed by atoms with van der Waals surface area (Å²) in [5.41, 5.74) is 1.39. The van der Waals surface area contributed by atoms with Crippen LogP contribution in [0.3, 0.4) is 0 Å². The van der Waals surface area contributed by atoms with Crippen molar-refractivity contribution < 1.29 is 22.7 Å². The van der Waals surface area contributed by atoms with Crippen LogP contribution in [0, 0.1) is 0 Å². The second-order valence-electron chi connectivity index (χ2n) is 11.0. The molecule has 0 saturated carbocycles. The second-order valence-corrected chi connectivity index (χ2v) is 13.7. The molecule has 8 nitrogen and oxygen atoms in total. The highest BCUT2D eigenvalue weighted by atomic mass is 35.5. The molecule has 3 rings (SSSR count). The van der Waals surface area contributed by atoms with Crippen molar-refractivity contribution in [1.82, 2.24) is 10.2 Å². The predicted molar refractivity (Wildman–Crippen MR) is 168 cm³/mol. The molecule has 0 aliphatic heterocycles. The summed E-state index contributed by atoms with van der Waals surface area (Å²) in [5.74, 6) is -0.343. The summed E-state index contributed by atoms with van der Waals surface area (Å²) in [7, 11) is -3.88. The number of anilines is 1. The van der Waals surface area contributed by atoms with Crippen LogP contribution in [0.15, 0.2) is 72.8 Å². The number of sulfonamides is 1. The normalized spacial score (nSPS) is 12.4. The first-order valence-electron chi connectivity index (χ1n) is 13.5. The number of halogens is 2. The number of amides is 2. The molecule has 0 aliphatic rings. The maximum Gasteiger partial charge on any atom is 0.244 e. The maximum atomic E-state index is 13.9. The molecule has 1 N–H and O–H groups in total. The van der Waals surface area contributed by atoms with Crippen LogP contribution in [-0.2, 0) is 32.8 Å². The monoisotopic (exact) mass is 633 g/mol. The third-order valence-electron chi connectivity index (χ3n) is 6.27. The number of carbonyl (C=O) groups excluding carboxylic acids is 2. The van der Waals surface area contributed by atoms with E-state index in [-0.39, 0.29) is 12.5 Å². The molecule has 0 aliphatic carbocycles. The molecule has 0 bridgehead atoms. The maximum absolute atomic E-state index is 13.9. The lowest BCUT2D eigenvalue weighted by atomic mass is 10.1. The number of carbonyl (C=O) groups is 2. The topological polar surface area (TPSA) is 96.0 Å². The Morgan fingerprint density at radius 1 is 0.929 bits per heavy atom. The first-order valence-corrected chi connectivity index (χ1v) is 16.1. The van der Waals surface area contributed by atoms with Crippen molar-refractivity contribution in [2.45, 2.75) is 58.8 Å². The molecule has 1 unspecified atom stereocenters. The van der Waals surface area contributed by atoms with Gasteiger partial charge in [-0.15, -0.1) is 0 Å². The van der Waals surface area contributed by atoms with Gasteiger partial charge >= 0.3 is 0 Å². The third-order valence-corrected chi connectivity index (χ3v) is 8.15. The van der Waals surface area contributed by atoms with Gasteiger partial charge in [-0.05, 0) is 74.7 Å². The Morgan fingerprint density at radius 3 is 2.12 bits per heavy atom. The van der Waals surface area contributed by atoms with Crippen LogP contribution in [0.4, 0.5) is 5.69 Å². The van der Waals surface area contributed by atoms with E-state index in [1.165, 1.54) is 4.90 Å². The lowest BCUT2D eigenvalue weighted by Crippen LogP contribution is -2.55. The molecule has 226 valence electrons. The van der Waals surface area contributed by atoms with Crippen molar-refractivity contribution in [1.29, 1.82) is 0 Å². The van der Waals surface area contributed by atoms with Gasteiger partial charge in [-0.2, -0.15) is 0 Å². The van der Waals surface area contributed by atoms with Crippen molar-refractivity contribution in [3.63, 3.8) is 0 Å². The average molecular weight is 635 g/mol. The fraction of sp³-hybridized carbons (Fsp3) is 0.355. The Morgan fingerprint density at radius 2 is 1.57 bits per heavy atom. The molecule has 1 atom stereocenters. The van der Waals surface area contributed by atoms with E-state index in [0.717, 1.165) is 16.1 Å². The van der Waals surface area contributed by atoms with Gasteiger partial charge in [0.2, 0.25) is 21.8 Å². The van der Waals surface area contributed by atoms with Gasteiger partial charge in [-0.3, -0.25) is 13.9 Å². The summed E-state index contributed by atoms with van der Waals surface area (Å²) in [6.07, 6.45) is 1.34. The van der Waals surface area contributed by atoms with Crippen LogP contribution in [0.2, 0.25) is 10.0 Å². The van der Waals surface area contributed by atoms with E-state index in [1.807, 2.05) is 51.1 Å². The fourth-order valence-electron chi connectivity index (χ4n) is 4.27. The van der Waals surface area contributed by atoms with Crippen LogP contribution >= 0.6 is 23.2 Å². The van der Waals surface area contributed by atoms with E-state index >= 15 is 0 Å². The van der Waals surface area contributed by atoms with Gasteiger partial charge in [0.15, 0.2) is 0 Å². The summed E-state index contributed by atoms with van der Waals surface area (Å²) >= 11 is 12.3. The molecule has 0 spiro atoms. The zero-order valence-electron chi connectivity index (χ0n) is 24.4. The summed E-state index contributed by atoms with van der Waals surface area (Å²) < 4.78 is 32.6. The van der Waals surface area contributed by atoms with Crippen LogP contribution in [0.1, 0.15) is 45.2 Å². The number of nitrogens with zero attached hydrogens (tertiary/aromatic N) is 2. The van der Waals surface area contributed by atoms with Crippen molar-refractivity contribution >= 4 is 50.7 Å². The van der Waals surface area contributed by atoms with Crippen LogP contribution in [0.5, 0.6) is 5.75 Å². The van der Waals surface area contributed by atoms with Crippen molar-refractivity contribution in [2.75, 3.05) is 17.1 Å². The summed E-state index contributed by atoms with van der Waals surface area (Å²) in [5, 5.41) is 3.59. The van der Waals surface area contributed by atoms with E-state index in [2.05, 4.69) is 5.32 Å². The highest BCUT2D eigenvalue weighted by molar-refractivity contribution is 7.92. The average Bonchev–Trinajstić information content (AvgIpc) is 2.91. The molecule has 0 heterocycles. The predicted octanol–water partition coefficient (Wildman–Crippen LogP) is 6.06. The fourth-order valence-corrected chi connectivity index (χ4v) is 5.44. The summed E-state index contributed by atoms with van der Waals surface area (Å²) in [4.78, 5) is 28.6. The third kappa shape index (κ3) is 9.64. The molecule has 2 amide bonds. The Labute approximate surface area is 258 Å². The zero-order valence-corrected chi connectivity index (χ0v) is 26.8. The second kappa shape index (κ2) is 14.3. The highest BCUT2D eigenvalue weighted by Crippen LogP contribution is 2.26. The number of rotatable bonds is 12. The van der Waals surface area contributed by atoms with E-state index in [0.29, 0.717) is 40.1 Å². The molecule has 0 fully saturated rings.